The molecule has 9 nitrogen and oxygen atoms in total. The first-order chi connectivity index (χ1) is 16.3. The van der Waals surface area contributed by atoms with Gasteiger partial charge >= 0.3 is 0 Å². The molecule has 0 unspecified atom stereocenters. The number of benzene rings is 1. The van der Waals surface area contributed by atoms with Crippen LogP contribution in [0.15, 0.2) is 24.5 Å². The zero-order valence-corrected chi connectivity index (χ0v) is 19.4. The van der Waals surface area contributed by atoms with Crippen molar-refractivity contribution in [1.29, 1.82) is 0 Å². The van der Waals surface area contributed by atoms with Crippen LogP contribution in [0.1, 0.15) is 29.7 Å². The Balaban J connectivity index is 1.36. The largest absolute Gasteiger partial charge is 0.494 e. The van der Waals surface area contributed by atoms with Gasteiger partial charge in [0.25, 0.3) is 0 Å². The van der Waals surface area contributed by atoms with E-state index in [0.29, 0.717) is 11.8 Å². The van der Waals surface area contributed by atoms with Crippen molar-refractivity contribution in [3.05, 3.63) is 53.0 Å². The third-order valence-corrected chi connectivity index (χ3v) is 5.83. The molecule has 11 heteroatoms. The average molecular weight is 475 g/mol. The van der Waals surface area contributed by atoms with Gasteiger partial charge in [-0.2, -0.15) is 5.10 Å². The number of hydrogen-bond acceptors (Lipinski definition) is 8. The van der Waals surface area contributed by atoms with Crippen LogP contribution in [-0.2, 0) is 20.2 Å². The van der Waals surface area contributed by atoms with Gasteiger partial charge in [0, 0.05) is 32.7 Å². The number of nitrogens with one attached hydrogen (secondary N) is 1. The SMILES string of the molecule is COc1cc(C)c(F)c(COc2cnc(Nc3cc(CN4CCC(O)CC4)n(C)n3)nc2)c1F. The lowest BCUT2D eigenvalue weighted by Gasteiger charge is -2.29. The molecule has 3 aromatic rings. The molecule has 0 bridgehead atoms. The van der Waals surface area contributed by atoms with Crippen LogP contribution in [0.2, 0.25) is 0 Å². The van der Waals surface area contributed by atoms with Crippen LogP contribution in [0.25, 0.3) is 0 Å². The predicted molar refractivity (Wildman–Crippen MR) is 121 cm³/mol. The average Bonchev–Trinajstić information content (AvgIpc) is 3.17. The highest BCUT2D eigenvalue weighted by atomic mass is 19.1. The predicted octanol–water partition coefficient (Wildman–Crippen LogP) is 3.08. The van der Waals surface area contributed by atoms with E-state index in [9.17, 15) is 13.9 Å². The number of ether oxygens (including phenoxy) is 2. The van der Waals surface area contributed by atoms with Crippen LogP contribution >= 0.6 is 0 Å². The van der Waals surface area contributed by atoms with E-state index in [1.54, 1.807) is 4.68 Å². The van der Waals surface area contributed by atoms with Crippen molar-refractivity contribution in [1.82, 2.24) is 24.6 Å². The van der Waals surface area contributed by atoms with Gasteiger partial charge in [-0.3, -0.25) is 9.58 Å². The molecule has 0 radical (unpaired) electrons. The van der Waals surface area contributed by atoms with Crippen molar-refractivity contribution in [3.8, 4) is 11.5 Å². The molecule has 0 saturated carbocycles. The minimum atomic E-state index is -0.795. The van der Waals surface area contributed by atoms with Gasteiger partial charge in [-0.15, -0.1) is 0 Å². The van der Waals surface area contributed by atoms with Gasteiger partial charge in [0.2, 0.25) is 5.95 Å². The van der Waals surface area contributed by atoms with E-state index in [-0.39, 0.29) is 35.3 Å². The maximum absolute atomic E-state index is 14.4. The van der Waals surface area contributed by atoms with E-state index in [4.69, 9.17) is 9.47 Å². The number of aryl methyl sites for hydroxylation is 2. The number of anilines is 2. The van der Waals surface area contributed by atoms with Crippen molar-refractivity contribution in [2.75, 3.05) is 25.5 Å². The van der Waals surface area contributed by atoms with E-state index in [1.165, 1.54) is 32.5 Å². The molecule has 3 heterocycles. The number of aromatic nitrogens is 4. The molecule has 0 amide bonds. The summed E-state index contributed by atoms with van der Waals surface area (Å²) in [6, 6.07) is 3.23. The van der Waals surface area contributed by atoms with Crippen molar-refractivity contribution in [3.63, 3.8) is 0 Å². The molecule has 4 rings (SSSR count). The summed E-state index contributed by atoms with van der Waals surface area (Å²) in [6.45, 7) is 3.64. The standard InChI is InChI=1S/C23H28F2N6O3/c1-14-8-19(33-3)22(25)18(21(14)24)13-34-17-10-26-23(27-11-17)28-20-9-15(30(2)29-20)12-31-6-4-16(32)5-7-31/h8-11,16,32H,4-7,12-13H2,1-3H3,(H,26,27,28,29). The number of piperidine rings is 1. The molecule has 1 aliphatic heterocycles. The summed E-state index contributed by atoms with van der Waals surface area (Å²) in [5.41, 5.74) is 1.07. The van der Waals surface area contributed by atoms with Crippen LogP contribution in [0, 0.1) is 18.6 Å². The second kappa shape index (κ2) is 10.3. The number of likely N-dealkylation sites (tertiary alicyclic amines) is 1. The van der Waals surface area contributed by atoms with Gasteiger partial charge in [0.05, 0.1) is 36.9 Å². The number of aliphatic hydroxyl groups is 1. The van der Waals surface area contributed by atoms with Crippen molar-refractivity contribution < 1.29 is 23.4 Å². The Labute approximate surface area is 196 Å². The third-order valence-electron chi connectivity index (χ3n) is 5.83. The van der Waals surface area contributed by atoms with Gasteiger partial charge in [-0.1, -0.05) is 0 Å². The first-order valence-corrected chi connectivity index (χ1v) is 11.0. The number of hydrogen-bond donors (Lipinski definition) is 2. The Kier molecular flexibility index (Phi) is 7.23. The minimum absolute atomic E-state index is 0.0408. The molecule has 0 atom stereocenters. The first kappa shape index (κ1) is 23.8. The van der Waals surface area contributed by atoms with E-state index >= 15 is 0 Å². The fourth-order valence-corrected chi connectivity index (χ4v) is 3.83. The summed E-state index contributed by atoms with van der Waals surface area (Å²) in [5, 5.41) is 17.2. The Hall–Kier alpha value is -3.31. The lowest BCUT2D eigenvalue weighted by Crippen LogP contribution is -2.35. The maximum Gasteiger partial charge on any atom is 0.228 e. The Morgan fingerprint density at radius 1 is 1.15 bits per heavy atom. The summed E-state index contributed by atoms with van der Waals surface area (Å²) < 4.78 is 41.0. The smallest absolute Gasteiger partial charge is 0.228 e. The molecule has 2 N–H and O–H groups in total. The highest BCUT2D eigenvalue weighted by Crippen LogP contribution is 2.27. The molecule has 0 spiro atoms. The molecule has 1 fully saturated rings. The summed E-state index contributed by atoms with van der Waals surface area (Å²) in [4.78, 5) is 10.7. The Morgan fingerprint density at radius 2 is 1.85 bits per heavy atom. The highest BCUT2D eigenvalue weighted by molar-refractivity contribution is 5.48. The van der Waals surface area contributed by atoms with Crippen molar-refractivity contribution in [2.24, 2.45) is 7.05 Å². The van der Waals surface area contributed by atoms with E-state index < -0.39 is 11.6 Å². The highest BCUT2D eigenvalue weighted by Gasteiger charge is 2.19. The van der Waals surface area contributed by atoms with Crippen LogP contribution in [0.4, 0.5) is 20.5 Å². The van der Waals surface area contributed by atoms with Gasteiger partial charge in [-0.25, -0.2) is 18.7 Å². The number of halogens is 2. The molecule has 1 aromatic carbocycles. The number of rotatable bonds is 8. The summed E-state index contributed by atoms with van der Waals surface area (Å²) in [5.74, 6) is -0.340. The van der Waals surface area contributed by atoms with Crippen LogP contribution < -0.4 is 14.8 Å². The minimum Gasteiger partial charge on any atom is -0.494 e. The fourth-order valence-electron chi connectivity index (χ4n) is 3.83. The normalized spacial score (nSPS) is 14.9. The second-order valence-electron chi connectivity index (χ2n) is 8.31. The van der Waals surface area contributed by atoms with E-state index in [2.05, 4.69) is 25.3 Å². The molecule has 1 aliphatic rings. The molecule has 182 valence electrons. The van der Waals surface area contributed by atoms with Crippen LogP contribution in [-0.4, -0.2) is 56.1 Å². The van der Waals surface area contributed by atoms with Crippen molar-refractivity contribution in [2.45, 2.75) is 39.0 Å². The zero-order valence-electron chi connectivity index (χ0n) is 19.4. The molecular formula is C23H28F2N6O3. The zero-order chi connectivity index (χ0) is 24.2. The second-order valence-corrected chi connectivity index (χ2v) is 8.31. The topological polar surface area (TPSA) is 97.6 Å². The number of nitrogens with zero attached hydrogens (tertiary/aromatic N) is 5. The number of methoxy groups -OCH3 is 1. The molecule has 34 heavy (non-hydrogen) atoms. The fraction of sp³-hybridized carbons (Fsp3) is 0.435. The lowest BCUT2D eigenvalue weighted by atomic mass is 10.1. The van der Waals surface area contributed by atoms with Gasteiger partial charge in [-0.05, 0) is 31.4 Å². The lowest BCUT2D eigenvalue weighted by molar-refractivity contribution is 0.0781. The Morgan fingerprint density at radius 3 is 2.53 bits per heavy atom. The summed E-state index contributed by atoms with van der Waals surface area (Å²) in [7, 11) is 3.19. The van der Waals surface area contributed by atoms with Gasteiger partial charge in [0.15, 0.2) is 23.1 Å². The molecule has 0 aliphatic carbocycles. The van der Waals surface area contributed by atoms with Crippen LogP contribution in [0.5, 0.6) is 11.5 Å². The molecular weight excluding hydrogens is 446 g/mol. The maximum atomic E-state index is 14.4. The van der Waals surface area contributed by atoms with Crippen LogP contribution in [0.3, 0.4) is 0 Å². The third kappa shape index (κ3) is 5.42. The quantitative estimate of drug-likeness (QED) is 0.514. The van der Waals surface area contributed by atoms with Gasteiger partial charge in [0.1, 0.15) is 12.4 Å². The van der Waals surface area contributed by atoms with Crippen molar-refractivity contribution >= 4 is 11.8 Å². The summed E-state index contributed by atoms with van der Waals surface area (Å²) >= 11 is 0. The van der Waals surface area contributed by atoms with Gasteiger partial charge < -0.3 is 19.9 Å². The monoisotopic (exact) mass is 474 g/mol. The summed E-state index contributed by atoms with van der Waals surface area (Å²) in [6.07, 6.45) is 4.19. The molecule has 1 saturated heterocycles. The molecule has 2 aromatic heterocycles. The number of aliphatic hydroxyl groups excluding tert-OH is 1. The first-order valence-electron chi connectivity index (χ1n) is 11.0. The van der Waals surface area contributed by atoms with E-state index in [0.717, 1.165) is 38.2 Å². The van der Waals surface area contributed by atoms with E-state index in [1.807, 2.05) is 13.1 Å². The Bertz CT molecular complexity index is 1130.